The fourth-order valence-electron chi connectivity index (χ4n) is 1.68. The van der Waals surface area contributed by atoms with Crippen molar-refractivity contribution in [3.05, 3.63) is 11.7 Å². The van der Waals surface area contributed by atoms with E-state index in [0.717, 1.165) is 19.3 Å². The zero-order chi connectivity index (χ0) is 12.6. The first-order valence-corrected chi connectivity index (χ1v) is 5.48. The van der Waals surface area contributed by atoms with Crippen molar-refractivity contribution in [3.8, 4) is 0 Å². The molecular formula is C10H13F3N2O2. The molecular weight excluding hydrogens is 237 g/mol. The quantitative estimate of drug-likeness (QED) is 0.894. The van der Waals surface area contributed by atoms with Gasteiger partial charge in [-0.1, -0.05) is 18.5 Å². The van der Waals surface area contributed by atoms with Crippen LogP contribution in [-0.2, 0) is 0 Å². The van der Waals surface area contributed by atoms with Crippen LogP contribution in [0.5, 0.6) is 0 Å². The molecule has 1 aliphatic carbocycles. The number of aliphatic hydroxyl groups is 1. The lowest BCUT2D eigenvalue weighted by Crippen LogP contribution is -2.33. The fraction of sp³-hybridized carbons (Fsp3) is 0.800. The summed E-state index contributed by atoms with van der Waals surface area (Å²) in [5.41, 5.74) is 0. The maximum absolute atomic E-state index is 12.3. The van der Waals surface area contributed by atoms with Crippen molar-refractivity contribution >= 4 is 0 Å². The molecule has 0 amide bonds. The standard InChI is InChI=1S/C10H13F3N2O2/c1-5(7(16)10(11,12)13)9-14-8(15-17-9)6-3-2-4-6/h5-7,16H,2-4H2,1H3. The molecule has 7 heteroatoms. The number of hydrogen-bond donors (Lipinski definition) is 1. The molecule has 2 rings (SSSR count). The molecule has 4 nitrogen and oxygen atoms in total. The highest BCUT2D eigenvalue weighted by molar-refractivity contribution is 5.03. The summed E-state index contributed by atoms with van der Waals surface area (Å²) < 4.78 is 41.6. The van der Waals surface area contributed by atoms with Crippen LogP contribution in [0, 0.1) is 0 Å². The third-order valence-corrected chi connectivity index (χ3v) is 3.13. The summed E-state index contributed by atoms with van der Waals surface area (Å²) in [4.78, 5) is 3.93. The lowest BCUT2D eigenvalue weighted by Gasteiger charge is -2.21. The van der Waals surface area contributed by atoms with Gasteiger partial charge < -0.3 is 9.63 Å². The first-order valence-electron chi connectivity index (χ1n) is 5.48. The highest BCUT2D eigenvalue weighted by Gasteiger charge is 2.44. The molecule has 0 bridgehead atoms. The summed E-state index contributed by atoms with van der Waals surface area (Å²) in [5, 5.41) is 12.7. The summed E-state index contributed by atoms with van der Waals surface area (Å²) in [7, 11) is 0. The molecule has 1 aliphatic rings. The molecule has 1 aromatic rings. The minimum Gasteiger partial charge on any atom is -0.383 e. The number of hydrogen-bond acceptors (Lipinski definition) is 4. The number of aromatic nitrogens is 2. The molecule has 2 atom stereocenters. The number of alkyl halides is 3. The molecule has 0 spiro atoms. The van der Waals surface area contributed by atoms with E-state index in [4.69, 9.17) is 9.63 Å². The summed E-state index contributed by atoms with van der Waals surface area (Å²) in [5.74, 6) is -0.747. The highest BCUT2D eigenvalue weighted by atomic mass is 19.4. The van der Waals surface area contributed by atoms with Crippen LogP contribution in [0.2, 0.25) is 0 Å². The van der Waals surface area contributed by atoms with Crippen LogP contribution in [-0.4, -0.2) is 27.5 Å². The summed E-state index contributed by atoms with van der Waals surface area (Å²) in [6.45, 7) is 1.22. The molecule has 1 aromatic heterocycles. The van der Waals surface area contributed by atoms with Crippen LogP contribution < -0.4 is 0 Å². The van der Waals surface area contributed by atoms with Crippen LogP contribution in [0.4, 0.5) is 13.2 Å². The van der Waals surface area contributed by atoms with Crippen LogP contribution in [0.15, 0.2) is 4.52 Å². The number of aliphatic hydroxyl groups excluding tert-OH is 1. The average Bonchev–Trinajstić information content (AvgIpc) is 2.60. The zero-order valence-electron chi connectivity index (χ0n) is 9.24. The van der Waals surface area contributed by atoms with Gasteiger partial charge in [-0.25, -0.2) is 0 Å². The molecule has 0 aromatic carbocycles. The lowest BCUT2D eigenvalue weighted by atomic mass is 9.85. The Morgan fingerprint density at radius 2 is 2.06 bits per heavy atom. The number of nitrogens with zero attached hydrogens (tertiary/aromatic N) is 2. The lowest BCUT2D eigenvalue weighted by molar-refractivity contribution is -0.210. The minimum atomic E-state index is -4.68. The number of rotatable bonds is 3. The number of halogens is 3. The first-order chi connectivity index (χ1) is 7.89. The van der Waals surface area contributed by atoms with Crippen LogP contribution >= 0.6 is 0 Å². The second-order valence-corrected chi connectivity index (χ2v) is 4.39. The minimum absolute atomic E-state index is 0.156. The van der Waals surface area contributed by atoms with Crippen LogP contribution in [0.1, 0.15) is 49.7 Å². The van der Waals surface area contributed by atoms with Gasteiger partial charge in [-0.2, -0.15) is 18.2 Å². The topological polar surface area (TPSA) is 59.2 Å². The molecule has 1 fully saturated rings. The van der Waals surface area contributed by atoms with E-state index in [1.807, 2.05) is 0 Å². The smallest absolute Gasteiger partial charge is 0.383 e. The average molecular weight is 250 g/mol. The first kappa shape index (κ1) is 12.3. The van der Waals surface area contributed by atoms with Gasteiger partial charge in [0.05, 0.1) is 5.92 Å². The Kier molecular flexibility index (Phi) is 3.11. The van der Waals surface area contributed by atoms with Gasteiger partial charge in [0, 0.05) is 5.92 Å². The van der Waals surface area contributed by atoms with E-state index < -0.39 is 18.2 Å². The van der Waals surface area contributed by atoms with Crippen LogP contribution in [0.25, 0.3) is 0 Å². The Balaban J connectivity index is 2.08. The summed E-state index contributed by atoms with van der Waals surface area (Å²) in [6.07, 6.45) is -4.19. The molecule has 1 saturated carbocycles. The summed E-state index contributed by atoms with van der Waals surface area (Å²) >= 11 is 0. The molecule has 0 aliphatic heterocycles. The molecule has 0 saturated heterocycles. The van der Waals surface area contributed by atoms with Crippen molar-refractivity contribution in [1.29, 1.82) is 0 Å². The van der Waals surface area contributed by atoms with Crippen molar-refractivity contribution in [2.24, 2.45) is 0 Å². The molecule has 2 unspecified atom stereocenters. The Morgan fingerprint density at radius 3 is 2.53 bits per heavy atom. The van der Waals surface area contributed by atoms with E-state index in [9.17, 15) is 13.2 Å². The Bertz CT molecular complexity index is 387. The Morgan fingerprint density at radius 1 is 1.41 bits per heavy atom. The van der Waals surface area contributed by atoms with E-state index in [0.29, 0.717) is 5.82 Å². The third kappa shape index (κ3) is 2.43. The van der Waals surface area contributed by atoms with E-state index >= 15 is 0 Å². The monoisotopic (exact) mass is 250 g/mol. The van der Waals surface area contributed by atoms with Gasteiger partial charge in [-0.3, -0.25) is 0 Å². The van der Waals surface area contributed by atoms with Crippen molar-refractivity contribution in [3.63, 3.8) is 0 Å². The van der Waals surface area contributed by atoms with Crippen molar-refractivity contribution in [2.75, 3.05) is 0 Å². The van der Waals surface area contributed by atoms with Gasteiger partial charge in [0.15, 0.2) is 11.9 Å². The maximum Gasteiger partial charge on any atom is 0.415 e. The van der Waals surface area contributed by atoms with Crippen molar-refractivity contribution in [2.45, 2.75) is 50.3 Å². The fourth-order valence-corrected chi connectivity index (χ4v) is 1.68. The predicted molar refractivity (Wildman–Crippen MR) is 51.4 cm³/mol. The molecule has 1 N–H and O–H groups in total. The predicted octanol–water partition coefficient (Wildman–Crippen LogP) is 2.36. The van der Waals surface area contributed by atoms with Gasteiger partial charge in [-0.05, 0) is 12.8 Å². The van der Waals surface area contributed by atoms with E-state index in [-0.39, 0.29) is 11.8 Å². The molecule has 96 valence electrons. The summed E-state index contributed by atoms with van der Waals surface area (Å²) in [6, 6.07) is 0. The molecule has 0 radical (unpaired) electrons. The van der Waals surface area contributed by atoms with Gasteiger partial charge in [-0.15, -0.1) is 0 Å². The van der Waals surface area contributed by atoms with Crippen LogP contribution in [0.3, 0.4) is 0 Å². The zero-order valence-corrected chi connectivity index (χ0v) is 9.24. The second-order valence-electron chi connectivity index (χ2n) is 4.39. The Hall–Kier alpha value is -1.11. The van der Waals surface area contributed by atoms with Crippen molar-refractivity contribution in [1.82, 2.24) is 10.1 Å². The van der Waals surface area contributed by atoms with Gasteiger partial charge in [0.1, 0.15) is 0 Å². The van der Waals surface area contributed by atoms with Gasteiger partial charge in [0.25, 0.3) is 0 Å². The van der Waals surface area contributed by atoms with E-state index in [1.165, 1.54) is 6.92 Å². The van der Waals surface area contributed by atoms with E-state index in [2.05, 4.69) is 10.1 Å². The Labute approximate surface area is 95.8 Å². The third-order valence-electron chi connectivity index (χ3n) is 3.13. The van der Waals surface area contributed by atoms with Gasteiger partial charge >= 0.3 is 6.18 Å². The highest BCUT2D eigenvalue weighted by Crippen LogP contribution is 2.36. The molecule has 1 heterocycles. The van der Waals surface area contributed by atoms with E-state index in [1.54, 1.807) is 0 Å². The maximum atomic E-state index is 12.3. The molecule has 17 heavy (non-hydrogen) atoms. The van der Waals surface area contributed by atoms with Gasteiger partial charge in [0.2, 0.25) is 5.89 Å². The normalized spacial score (nSPS) is 21.0. The largest absolute Gasteiger partial charge is 0.415 e. The van der Waals surface area contributed by atoms with Crippen molar-refractivity contribution < 1.29 is 22.8 Å². The SMILES string of the molecule is CC(c1nc(C2CCC2)no1)C(O)C(F)(F)F. The second kappa shape index (κ2) is 4.29.